The lowest BCUT2D eigenvalue weighted by Gasteiger charge is -2.16. The highest BCUT2D eigenvalue weighted by atomic mass is 16.6. The van der Waals surface area contributed by atoms with Crippen LogP contribution in [0.2, 0.25) is 0 Å². The molecular formula is C32H24N4O4. The SMILES string of the molecule is COc1ccc(Cn2c(NC(=O)c3cccc([N+](=O)[O-])c3)c(C#N)c(-c3ccccc3)c2-c2ccccc2)cc1. The first-order valence-electron chi connectivity index (χ1n) is 12.5. The van der Waals surface area contributed by atoms with Crippen LogP contribution in [0, 0.1) is 21.4 Å². The first-order valence-corrected chi connectivity index (χ1v) is 12.5. The van der Waals surface area contributed by atoms with Crippen molar-refractivity contribution >= 4 is 17.4 Å². The third-order valence-electron chi connectivity index (χ3n) is 6.54. The molecule has 4 aromatic carbocycles. The fourth-order valence-corrected chi connectivity index (χ4v) is 4.65. The molecule has 40 heavy (non-hydrogen) atoms. The number of hydrogen-bond acceptors (Lipinski definition) is 5. The Labute approximate surface area is 230 Å². The van der Waals surface area contributed by atoms with Gasteiger partial charge >= 0.3 is 0 Å². The maximum atomic E-state index is 13.5. The van der Waals surface area contributed by atoms with Crippen molar-refractivity contribution in [2.24, 2.45) is 0 Å². The standard InChI is InChI=1S/C32H24N4O4/c1-40-27-17-15-22(16-18-27)21-35-30(24-11-6-3-7-12-24)29(23-9-4-2-5-10-23)28(20-33)31(35)34-32(37)25-13-8-14-26(19-25)36(38)39/h2-19H,21H2,1H3,(H,34,37). The number of carbonyl (C=O) groups excluding carboxylic acids is 1. The minimum Gasteiger partial charge on any atom is -0.497 e. The molecule has 0 aliphatic heterocycles. The molecule has 1 amide bonds. The van der Waals surface area contributed by atoms with Crippen molar-refractivity contribution in [3.8, 4) is 34.2 Å². The Hall–Kier alpha value is -5.68. The van der Waals surface area contributed by atoms with E-state index in [4.69, 9.17) is 4.74 Å². The second-order valence-electron chi connectivity index (χ2n) is 8.99. The Morgan fingerprint density at radius 2 is 1.57 bits per heavy atom. The molecule has 5 rings (SSSR count). The summed E-state index contributed by atoms with van der Waals surface area (Å²) in [5.41, 5.74) is 4.24. The second kappa shape index (κ2) is 11.4. The minimum absolute atomic E-state index is 0.109. The van der Waals surface area contributed by atoms with Crippen molar-refractivity contribution in [3.05, 3.63) is 136 Å². The molecule has 0 spiro atoms. The predicted octanol–water partition coefficient (Wildman–Crippen LogP) is 6.91. The van der Waals surface area contributed by atoms with Crippen molar-refractivity contribution in [2.45, 2.75) is 6.54 Å². The van der Waals surface area contributed by atoms with Crippen LogP contribution in [0.4, 0.5) is 11.5 Å². The number of rotatable bonds is 8. The van der Waals surface area contributed by atoms with E-state index in [2.05, 4.69) is 11.4 Å². The van der Waals surface area contributed by atoms with Gasteiger partial charge in [0, 0.05) is 29.8 Å². The molecule has 196 valence electrons. The monoisotopic (exact) mass is 528 g/mol. The number of nitro benzene ring substituents is 1. The molecule has 0 fully saturated rings. The first-order chi connectivity index (χ1) is 19.5. The molecule has 8 heteroatoms. The fourth-order valence-electron chi connectivity index (χ4n) is 4.65. The van der Waals surface area contributed by atoms with Crippen LogP contribution in [0.3, 0.4) is 0 Å². The summed E-state index contributed by atoms with van der Waals surface area (Å²) in [7, 11) is 1.60. The molecule has 0 radical (unpaired) electrons. The van der Waals surface area contributed by atoms with E-state index in [1.54, 1.807) is 7.11 Å². The van der Waals surface area contributed by atoms with Gasteiger partial charge in [-0.15, -0.1) is 0 Å². The largest absolute Gasteiger partial charge is 0.497 e. The van der Waals surface area contributed by atoms with Crippen molar-refractivity contribution in [3.63, 3.8) is 0 Å². The van der Waals surface area contributed by atoms with E-state index in [1.807, 2.05) is 89.5 Å². The highest BCUT2D eigenvalue weighted by Crippen LogP contribution is 2.42. The Morgan fingerprint density at radius 3 is 2.17 bits per heavy atom. The lowest BCUT2D eigenvalue weighted by atomic mass is 9.98. The Kier molecular flexibility index (Phi) is 7.38. The fraction of sp³-hybridized carbons (Fsp3) is 0.0625. The summed E-state index contributed by atoms with van der Waals surface area (Å²) in [5.74, 6) is 0.446. The molecule has 0 saturated carbocycles. The molecular weight excluding hydrogens is 504 g/mol. The molecule has 1 N–H and O–H groups in total. The number of nitrogens with zero attached hydrogens (tertiary/aromatic N) is 3. The van der Waals surface area contributed by atoms with Gasteiger partial charge in [0.1, 0.15) is 23.2 Å². The van der Waals surface area contributed by atoms with Gasteiger partial charge in [0.2, 0.25) is 0 Å². The summed E-state index contributed by atoms with van der Waals surface area (Å²) in [6.07, 6.45) is 0. The molecule has 0 unspecified atom stereocenters. The maximum Gasteiger partial charge on any atom is 0.270 e. The van der Waals surface area contributed by atoms with Gasteiger partial charge in [0.15, 0.2) is 0 Å². The Balaban J connectivity index is 1.74. The van der Waals surface area contributed by atoms with Crippen LogP contribution >= 0.6 is 0 Å². The summed E-state index contributed by atoms with van der Waals surface area (Å²) >= 11 is 0. The van der Waals surface area contributed by atoms with E-state index in [0.717, 1.165) is 22.4 Å². The van der Waals surface area contributed by atoms with Gasteiger partial charge in [-0.05, 0) is 34.9 Å². The van der Waals surface area contributed by atoms with Crippen LogP contribution in [0.25, 0.3) is 22.4 Å². The Morgan fingerprint density at radius 1 is 0.925 bits per heavy atom. The molecule has 0 atom stereocenters. The van der Waals surface area contributed by atoms with Crippen LogP contribution < -0.4 is 10.1 Å². The number of carbonyl (C=O) groups is 1. The summed E-state index contributed by atoms with van der Waals surface area (Å²) in [5, 5.41) is 24.7. The van der Waals surface area contributed by atoms with Gasteiger partial charge in [0.25, 0.3) is 11.6 Å². The smallest absolute Gasteiger partial charge is 0.270 e. The van der Waals surface area contributed by atoms with Crippen molar-refractivity contribution in [1.29, 1.82) is 5.26 Å². The average Bonchev–Trinajstić information content (AvgIpc) is 3.30. The number of nitriles is 1. The van der Waals surface area contributed by atoms with Crippen molar-refractivity contribution in [2.75, 3.05) is 12.4 Å². The van der Waals surface area contributed by atoms with Gasteiger partial charge in [-0.1, -0.05) is 78.9 Å². The maximum absolute atomic E-state index is 13.5. The summed E-state index contributed by atoms with van der Waals surface area (Å²) < 4.78 is 7.22. The number of ether oxygens (including phenoxy) is 1. The minimum atomic E-state index is -0.562. The number of methoxy groups -OCH3 is 1. The number of nitro groups is 1. The van der Waals surface area contributed by atoms with Crippen LogP contribution in [-0.2, 0) is 6.54 Å². The molecule has 8 nitrogen and oxygen atoms in total. The average molecular weight is 529 g/mol. The molecule has 1 heterocycles. The van der Waals surface area contributed by atoms with Crippen LogP contribution in [0.15, 0.2) is 109 Å². The van der Waals surface area contributed by atoms with Gasteiger partial charge in [-0.25, -0.2) is 0 Å². The van der Waals surface area contributed by atoms with Crippen LogP contribution in [0.5, 0.6) is 5.75 Å². The summed E-state index contributed by atoms with van der Waals surface area (Å²) in [6.45, 7) is 0.334. The Bertz CT molecular complexity index is 1720. The number of aromatic nitrogens is 1. The third kappa shape index (κ3) is 5.17. The normalized spacial score (nSPS) is 10.5. The third-order valence-corrected chi connectivity index (χ3v) is 6.54. The zero-order chi connectivity index (χ0) is 28.1. The number of hydrogen-bond donors (Lipinski definition) is 1. The highest BCUT2D eigenvalue weighted by molar-refractivity contribution is 6.06. The van der Waals surface area contributed by atoms with Gasteiger partial charge in [0.05, 0.1) is 17.7 Å². The van der Waals surface area contributed by atoms with Crippen molar-refractivity contribution < 1.29 is 14.5 Å². The topological polar surface area (TPSA) is 110 Å². The highest BCUT2D eigenvalue weighted by Gasteiger charge is 2.27. The number of benzene rings is 4. The lowest BCUT2D eigenvalue weighted by molar-refractivity contribution is -0.384. The van der Waals surface area contributed by atoms with E-state index in [9.17, 15) is 20.2 Å². The summed E-state index contributed by atoms with van der Waals surface area (Å²) in [6, 6.07) is 34.6. The number of nitrogens with one attached hydrogen (secondary N) is 1. The quantitative estimate of drug-likeness (QED) is 0.174. The van der Waals surface area contributed by atoms with E-state index in [1.165, 1.54) is 24.3 Å². The van der Waals surface area contributed by atoms with Gasteiger partial charge < -0.3 is 14.6 Å². The number of amides is 1. The van der Waals surface area contributed by atoms with Crippen LogP contribution in [0.1, 0.15) is 21.5 Å². The number of anilines is 1. The number of non-ortho nitro benzene ring substituents is 1. The van der Waals surface area contributed by atoms with Crippen molar-refractivity contribution in [1.82, 2.24) is 4.57 Å². The first kappa shape index (κ1) is 25.9. The van der Waals surface area contributed by atoms with E-state index < -0.39 is 10.8 Å². The van der Waals surface area contributed by atoms with Gasteiger partial charge in [-0.2, -0.15) is 5.26 Å². The zero-order valence-corrected chi connectivity index (χ0v) is 21.6. The predicted molar refractivity (Wildman–Crippen MR) is 153 cm³/mol. The van der Waals surface area contributed by atoms with Gasteiger partial charge in [-0.3, -0.25) is 14.9 Å². The molecule has 0 saturated heterocycles. The molecule has 1 aromatic heterocycles. The van der Waals surface area contributed by atoms with E-state index >= 15 is 0 Å². The lowest BCUT2D eigenvalue weighted by Crippen LogP contribution is -2.17. The van der Waals surface area contributed by atoms with Crippen LogP contribution in [-0.4, -0.2) is 22.5 Å². The zero-order valence-electron chi connectivity index (χ0n) is 21.6. The van der Waals surface area contributed by atoms with E-state index in [0.29, 0.717) is 23.7 Å². The molecule has 0 aliphatic carbocycles. The second-order valence-corrected chi connectivity index (χ2v) is 8.99. The summed E-state index contributed by atoms with van der Waals surface area (Å²) in [4.78, 5) is 24.2. The molecule has 5 aromatic rings. The molecule has 0 aliphatic rings. The molecule has 0 bridgehead atoms. The van der Waals surface area contributed by atoms with E-state index in [-0.39, 0.29) is 16.8 Å².